The van der Waals surface area contributed by atoms with E-state index in [1.54, 1.807) is 0 Å². The molecule has 21 heavy (non-hydrogen) atoms. The van der Waals surface area contributed by atoms with E-state index in [2.05, 4.69) is 11.2 Å². The van der Waals surface area contributed by atoms with Gasteiger partial charge in [-0.1, -0.05) is 0 Å². The van der Waals surface area contributed by atoms with Crippen LogP contribution in [0.25, 0.3) is 0 Å². The Bertz CT molecular complexity index is 601. The molecule has 1 aromatic rings. The van der Waals surface area contributed by atoms with E-state index in [0.29, 0.717) is 11.8 Å². The van der Waals surface area contributed by atoms with Gasteiger partial charge < -0.3 is 4.90 Å². The Labute approximate surface area is 128 Å². The van der Waals surface area contributed by atoms with Crippen LogP contribution in [-0.2, 0) is 9.84 Å². The topological polar surface area (TPSA) is 80.5 Å². The standard InChI is InChI=1S/C13H18N2O4S2/c1-20-12-6-7-14(10-12)8-9-21(18,19)13-4-2-11(3-5-13)15(16)17/h2-5,12H,6-10H2,1H3/t12-/m1/s1. The molecule has 0 bridgehead atoms. The molecule has 0 spiro atoms. The summed E-state index contributed by atoms with van der Waals surface area (Å²) in [6.45, 7) is 2.37. The smallest absolute Gasteiger partial charge is 0.269 e. The summed E-state index contributed by atoms with van der Waals surface area (Å²) in [4.78, 5) is 12.3. The number of benzene rings is 1. The second-order valence-corrected chi connectivity index (χ2v) is 8.26. The summed E-state index contributed by atoms with van der Waals surface area (Å²) >= 11 is 1.82. The highest BCUT2D eigenvalue weighted by molar-refractivity contribution is 7.99. The van der Waals surface area contributed by atoms with Gasteiger partial charge >= 0.3 is 0 Å². The van der Waals surface area contributed by atoms with Crippen LogP contribution in [0.2, 0.25) is 0 Å². The van der Waals surface area contributed by atoms with E-state index in [1.165, 1.54) is 24.3 Å². The lowest BCUT2D eigenvalue weighted by Gasteiger charge is -2.15. The minimum Gasteiger partial charge on any atom is -0.301 e. The summed E-state index contributed by atoms with van der Waals surface area (Å²) in [5.41, 5.74) is -0.101. The highest BCUT2D eigenvalue weighted by Gasteiger charge is 2.24. The fourth-order valence-corrected chi connectivity index (χ4v) is 4.32. The molecule has 0 amide bonds. The second-order valence-electron chi connectivity index (χ2n) is 5.02. The zero-order valence-corrected chi connectivity index (χ0v) is 13.4. The van der Waals surface area contributed by atoms with E-state index < -0.39 is 14.8 Å². The largest absolute Gasteiger partial charge is 0.301 e. The molecule has 0 unspecified atom stereocenters. The predicted molar refractivity (Wildman–Crippen MR) is 83.5 cm³/mol. The zero-order chi connectivity index (χ0) is 15.5. The monoisotopic (exact) mass is 330 g/mol. The molecule has 6 nitrogen and oxygen atoms in total. The van der Waals surface area contributed by atoms with Gasteiger partial charge in [0.2, 0.25) is 0 Å². The lowest BCUT2D eigenvalue weighted by Crippen LogP contribution is -2.27. The van der Waals surface area contributed by atoms with Crippen LogP contribution in [0, 0.1) is 10.1 Å². The number of hydrogen-bond donors (Lipinski definition) is 0. The molecule has 0 aliphatic carbocycles. The summed E-state index contributed by atoms with van der Waals surface area (Å²) in [6, 6.07) is 5.07. The van der Waals surface area contributed by atoms with Gasteiger partial charge in [-0.05, 0) is 31.4 Å². The van der Waals surface area contributed by atoms with Crippen molar-refractivity contribution in [3.63, 3.8) is 0 Å². The van der Waals surface area contributed by atoms with Crippen LogP contribution in [0.1, 0.15) is 6.42 Å². The number of nitrogens with zero attached hydrogens (tertiary/aromatic N) is 2. The van der Waals surface area contributed by atoms with E-state index in [9.17, 15) is 18.5 Å². The first-order valence-electron chi connectivity index (χ1n) is 6.65. The molecular weight excluding hydrogens is 312 g/mol. The van der Waals surface area contributed by atoms with Crippen molar-refractivity contribution in [2.24, 2.45) is 0 Å². The average Bonchev–Trinajstić information content (AvgIpc) is 2.93. The molecule has 116 valence electrons. The van der Waals surface area contributed by atoms with Crippen LogP contribution < -0.4 is 0 Å². The SMILES string of the molecule is CS[C@@H]1CCN(CCS(=O)(=O)c2ccc([N+](=O)[O-])cc2)C1. The number of non-ortho nitro benzene ring substituents is 1. The van der Waals surface area contributed by atoms with Gasteiger partial charge in [-0.25, -0.2) is 8.42 Å². The molecule has 1 heterocycles. The van der Waals surface area contributed by atoms with Crippen molar-refractivity contribution in [1.82, 2.24) is 4.90 Å². The molecule has 1 aliphatic rings. The number of nitro groups is 1. The second kappa shape index (κ2) is 6.76. The molecule has 0 aromatic heterocycles. The third-order valence-electron chi connectivity index (χ3n) is 3.65. The maximum absolute atomic E-state index is 12.2. The van der Waals surface area contributed by atoms with Crippen molar-refractivity contribution < 1.29 is 13.3 Å². The van der Waals surface area contributed by atoms with Gasteiger partial charge in [-0.15, -0.1) is 0 Å². The normalized spacial score (nSPS) is 19.8. The Kier molecular flexibility index (Phi) is 5.23. The van der Waals surface area contributed by atoms with Gasteiger partial charge in [-0.3, -0.25) is 10.1 Å². The number of nitro benzene ring substituents is 1. The van der Waals surface area contributed by atoms with Crippen molar-refractivity contribution >= 4 is 27.3 Å². The molecule has 8 heteroatoms. The number of rotatable bonds is 6. The van der Waals surface area contributed by atoms with Crippen LogP contribution in [0.5, 0.6) is 0 Å². The lowest BCUT2D eigenvalue weighted by atomic mass is 10.3. The summed E-state index contributed by atoms with van der Waals surface area (Å²) in [5.74, 6) is 0.0475. The highest BCUT2D eigenvalue weighted by atomic mass is 32.2. The summed E-state index contributed by atoms with van der Waals surface area (Å²) in [5, 5.41) is 11.2. The van der Waals surface area contributed by atoms with Crippen molar-refractivity contribution in [3.05, 3.63) is 34.4 Å². The minimum absolute atomic E-state index is 0.0475. The third-order valence-corrected chi connectivity index (χ3v) is 6.41. The van der Waals surface area contributed by atoms with Crippen molar-refractivity contribution in [1.29, 1.82) is 0 Å². The molecular formula is C13H18N2O4S2. The summed E-state index contributed by atoms with van der Waals surface area (Å²) in [6.07, 6.45) is 3.17. The Hall–Kier alpha value is -1.12. The number of thioether (sulfide) groups is 1. The maximum atomic E-state index is 12.2. The molecule has 0 N–H and O–H groups in total. The summed E-state index contributed by atoms with van der Waals surface area (Å²) in [7, 11) is -3.39. The van der Waals surface area contributed by atoms with Crippen LogP contribution in [-0.4, -0.2) is 55.1 Å². The Balaban J connectivity index is 1.97. The highest BCUT2D eigenvalue weighted by Crippen LogP contribution is 2.21. The molecule has 1 aromatic carbocycles. The van der Waals surface area contributed by atoms with Crippen LogP contribution in [0.4, 0.5) is 5.69 Å². The van der Waals surface area contributed by atoms with E-state index in [1.807, 2.05) is 11.8 Å². The number of likely N-dealkylation sites (tertiary alicyclic amines) is 1. The van der Waals surface area contributed by atoms with Crippen LogP contribution >= 0.6 is 11.8 Å². The van der Waals surface area contributed by atoms with E-state index in [4.69, 9.17) is 0 Å². The molecule has 2 rings (SSSR count). The molecule has 1 fully saturated rings. The van der Waals surface area contributed by atoms with Gasteiger partial charge in [-0.2, -0.15) is 11.8 Å². The van der Waals surface area contributed by atoms with Crippen molar-refractivity contribution in [2.75, 3.05) is 31.6 Å². The fraction of sp³-hybridized carbons (Fsp3) is 0.538. The molecule has 1 aliphatic heterocycles. The van der Waals surface area contributed by atoms with E-state index in [0.717, 1.165) is 19.5 Å². The zero-order valence-electron chi connectivity index (χ0n) is 11.8. The first kappa shape index (κ1) is 16.3. The average molecular weight is 330 g/mol. The Morgan fingerprint density at radius 3 is 2.57 bits per heavy atom. The first-order chi connectivity index (χ1) is 9.92. The third kappa shape index (κ3) is 4.18. The van der Waals surface area contributed by atoms with E-state index >= 15 is 0 Å². The quantitative estimate of drug-likeness (QED) is 0.584. The van der Waals surface area contributed by atoms with Crippen molar-refractivity contribution in [2.45, 2.75) is 16.6 Å². The Morgan fingerprint density at radius 2 is 2.05 bits per heavy atom. The predicted octanol–water partition coefficient (Wildman–Crippen LogP) is 1.81. The first-order valence-corrected chi connectivity index (χ1v) is 9.59. The van der Waals surface area contributed by atoms with Crippen LogP contribution in [0.3, 0.4) is 0 Å². The molecule has 0 saturated carbocycles. The number of hydrogen-bond acceptors (Lipinski definition) is 6. The van der Waals surface area contributed by atoms with Gasteiger partial charge in [0, 0.05) is 30.5 Å². The molecule has 1 atom stereocenters. The minimum atomic E-state index is -3.39. The maximum Gasteiger partial charge on any atom is 0.269 e. The van der Waals surface area contributed by atoms with E-state index in [-0.39, 0.29) is 16.3 Å². The van der Waals surface area contributed by atoms with Gasteiger partial charge in [0.05, 0.1) is 15.6 Å². The molecule has 1 saturated heterocycles. The van der Waals surface area contributed by atoms with Crippen molar-refractivity contribution in [3.8, 4) is 0 Å². The number of sulfone groups is 1. The van der Waals surface area contributed by atoms with Gasteiger partial charge in [0.1, 0.15) is 0 Å². The van der Waals surface area contributed by atoms with Gasteiger partial charge in [0.15, 0.2) is 9.84 Å². The fourth-order valence-electron chi connectivity index (χ4n) is 2.33. The van der Waals surface area contributed by atoms with Gasteiger partial charge in [0.25, 0.3) is 5.69 Å². The summed E-state index contributed by atoms with van der Waals surface area (Å²) < 4.78 is 24.4. The van der Waals surface area contributed by atoms with Crippen LogP contribution in [0.15, 0.2) is 29.2 Å². The molecule has 0 radical (unpaired) electrons. The lowest BCUT2D eigenvalue weighted by molar-refractivity contribution is -0.384. The Morgan fingerprint density at radius 1 is 1.38 bits per heavy atom.